The maximum Gasteiger partial charge on any atom is 0.267 e. The van der Waals surface area contributed by atoms with Gasteiger partial charge in [0.1, 0.15) is 15.5 Å². The first kappa shape index (κ1) is 13.8. The summed E-state index contributed by atoms with van der Waals surface area (Å²) >= 11 is 6.79. The average Bonchev–Trinajstić information content (AvgIpc) is 2.81. The number of fused-ring (bicyclic) bond motifs is 1. The van der Waals surface area contributed by atoms with Gasteiger partial charge in [0.25, 0.3) is 5.91 Å². The predicted octanol–water partition coefficient (Wildman–Crippen LogP) is 3.92. The smallest absolute Gasteiger partial charge is 0.267 e. The number of halogens is 2. The van der Waals surface area contributed by atoms with Gasteiger partial charge >= 0.3 is 0 Å². The molecular weight excluding hydrogens is 313 g/mol. The fraction of sp³-hybridized carbons (Fsp3) is 0. The van der Waals surface area contributed by atoms with Gasteiger partial charge in [-0.25, -0.2) is 9.37 Å². The summed E-state index contributed by atoms with van der Waals surface area (Å²) in [5.74, 6) is -1.00. The summed E-state index contributed by atoms with van der Waals surface area (Å²) in [5.41, 5.74) is 6.64. The predicted molar refractivity (Wildman–Crippen MR) is 83.4 cm³/mol. The number of nitrogens with one attached hydrogen (secondary N) is 1. The van der Waals surface area contributed by atoms with E-state index in [1.165, 1.54) is 23.5 Å². The molecule has 0 aliphatic heterocycles. The van der Waals surface area contributed by atoms with Crippen molar-refractivity contribution in [1.82, 2.24) is 4.98 Å². The van der Waals surface area contributed by atoms with Crippen molar-refractivity contribution >= 4 is 50.4 Å². The molecule has 21 heavy (non-hydrogen) atoms. The van der Waals surface area contributed by atoms with Crippen LogP contribution in [0.5, 0.6) is 0 Å². The molecule has 0 fully saturated rings. The zero-order valence-electron chi connectivity index (χ0n) is 10.6. The molecule has 0 aliphatic rings. The van der Waals surface area contributed by atoms with Crippen molar-refractivity contribution in [1.29, 1.82) is 0 Å². The Morgan fingerprint density at radius 2 is 2.19 bits per heavy atom. The molecule has 4 nitrogen and oxygen atoms in total. The van der Waals surface area contributed by atoms with Crippen LogP contribution >= 0.6 is 22.9 Å². The molecule has 0 atom stereocenters. The monoisotopic (exact) mass is 321 g/mol. The minimum atomic E-state index is -0.597. The number of nitrogen functional groups attached to an aromatic ring is 1. The van der Waals surface area contributed by atoms with E-state index in [2.05, 4.69) is 10.3 Å². The number of anilines is 2. The number of carbonyl (C=O) groups excluding carboxylic acids is 1. The first-order valence-electron chi connectivity index (χ1n) is 5.95. The number of amides is 1. The number of nitrogens with zero attached hydrogens (tertiary/aromatic N) is 1. The normalized spacial score (nSPS) is 10.8. The molecule has 3 N–H and O–H groups in total. The van der Waals surface area contributed by atoms with E-state index >= 15 is 0 Å². The largest absolute Gasteiger partial charge is 0.397 e. The lowest BCUT2D eigenvalue weighted by atomic mass is 10.2. The van der Waals surface area contributed by atoms with Crippen LogP contribution in [0.3, 0.4) is 0 Å². The molecule has 0 aliphatic carbocycles. The van der Waals surface area contributed by atoms with Gasteiger partial charge in [-0.15, -0.1) is 11.3 Å². The summed E-state index contributed by atoms with van der Waals surface area (Å²) in [6, 6.07) is 7.60. The number of rotatable bonds is 2. The van der Waals surface area contributed by atoms with E-state index in [9.17, 15) is 9.18 Å². The van der Waals surface area contributed by atoms with Crippen LogP contribution in [0.4, 0.5) is 15.8 Å². The highest BCUT2D eigenvalue weighted by molar-refractivity contribution is 7.21. The Labute approximate surface area is 128 Å². The summed E-state index contributed by atoms with van der Waals surface area (Å²) in [5, 5.41) is 3.32. The maximum absolute atomic E-state index is 13.4. The van der Waals surface area contributed by atoms with Crippen molar-refractivity contribution in [2.24, 2.45) is 0 Å². The second-order valence-electron chi connectivity index (χ2n) is 4.28. The first-order chi connectivity index (χ1) is 10.1. The lowest BCUT2D eigenvalue weighted by Gasteiger charge is -2.05. The molecule has 1 aromatic carbocycles. The Hall–Kier alpha value is -2.18. The van der Waals surface area contributed by atoms with E-state index in [-0.39, 0.29) is 5.02 Å². The minimum absolute atomic E-state index is 0.00132. The molecule has 7 heteroatoms. The average molecular weight is 322 g/mol. The minimum Gasteiger partial charge on any atom is -0.397 e. The van der Waals surface area contributed by atoms with Crippen LogP contribution < -0.4 is 11.1 Å². The van der Waals surface area contributed by atoms with Gasteiger partial charge in [0, 0.05) is 17.3 Å². The third-order valence-electron chi connectivity index (χ3n) is 2.89. The summed E-state index contributed by atoms with van der Waals surface area (Å²) in [7, 11) is 0. The van der Waals surface area contributed by atoms with E-state index in [4.69, 9.17) is 17.3 Å². The van der Waals surface area contributed by atoms with Gasteiger partial charge in [-0.3, -0.25) is 4.79 Å². The highest BCUT2D eigenvalue weighted by atomic mass is 35.5. The van der Waals surface area contributed by atoms with E-state index in [1.807, 2.05) is 0 Å². The summed E-state index contributed by atoms with van der Waals surface area (Å²) in [6.07, 6.45) is 1.63. The van der Waals surface area contributed by atoms with Gasteiger partial charge in [0.15, 0.2) is 0 Å². The molecule has 3 rings (SSSR count). The van der Waals surface area contributed by atoms with E-state index < -0.39 is 11.7 Å². The van der Waals surface area contributed by atoms with E-state index in [1.54, 1.807) is 18.3 Å². The molecule has 0 spiro atoms. The first-order valence-corrected chi connectivity index (χ1v) is 7.15. The second-order valence-corrected chi connectivity index (χ2v) is 5.69. The van der Waals surface area contributed by atoms with Gasteiger partial charge in [-0.05, 0) is 30.3 Å². The molecule has 0 saturated heterocycles. The van der Waals surface area contributed by atoms with Gasteiger partial charge in [-0.1, -0.05) is 11.6 Å². The zero-order chi connectivity index (χ0) is 15.0. The van der Waals surface area contributed by atoms with E-state index in [0.717, 1.165) is 11.5 Å². The number of benzene rings is 1. The molecule has 0 radical (unpaired) electrons. The van der Waals surface area contributed by atoms with Crippen molar-refractivity contribution in [3.63, 3.8) is 0 Å². The summed E-state index contributed by atoms with van der Waals surface area (Å²) in [6.45, 7) is 0. The van der Waals surface area contributed by atoms with Crippen molar-refractivity contribution in [3.05, 3.63) is 52.2 Å². The quantitative estimate of drug-likeness (QED) is 0.751. The molecule has 106 valence electrons. The highest BCUT2D eigenvalue weighted by Gasteiger charge is 2.17. The van der Waals surface area contributed by atoms with Gasteiger partial charge < -0.3 is 11.1 Å². The van der Waals surface area contributed by atoms with Crippen LogP contribution in [0, 0.1) is 5.82 Å². The van der Waals surface area contributed by atoms with E-state index in [0.29, 0.717) is 21.1 Å². The van der Waals surface area contributed by atoms with Crippen molar-refractivity contribution in [2.75, 3.05) is 11.1 Å². The SMILES string of the molecule is Nc1c(C(=O)Nc2ccc(Cl)c(F)c2)sc2ncccc12. The standard InChI is InChI=1S/C14H9ClFN3OS/c15-9-4-3-7(6-10(9)16)19-13(20)12-11(17)8-2-1-5-18-14(8)21-12/h1-6H,17H2,(H,19,20). The lowest BCUT2D eigenvalue weighted by molar-refractivity contribution is 0.103. The van der Waals surface area contributed by atoms with Crippen LogP contribution in [0.25, 0.3) is 10.2 Å². The zero-order valence-corrected chi connectivity index (χ0v) is 12.1. The Balaban J connectivity index is 1.93. The number of pyridine rings is 1. The number of thiophene rings is 1. The number of carbonyl (C=O) groups is 1. The third kappa shape index (κ3) is 2.55. The molecule has 3 aromatic rings. The van der Waals surface area contributed by atoms with Crippen LogP contribution in [-0.2, 0) is 0 Å². The van der Waals surface area contributed by atoms with Crippen molar-refractivity contribution < 1.29 is 9.18 Å². The lowest BCUT2D eigenvalue weighted by Crippen LogP contribution is -2.12. The van der Waals surface area contributed by atoms with Crippen LogP contribution in [0.15, 0.2) is 36.5 Å². The Bertz CT molecular complexity index is 849. The molecule has 0 bridgehead atoms. The molecule has 2 aromatic heterocycles. The Morgan fingerprint density at radius 3 is 2.90 bits per heavy atom. The number of nitrogens with two attached hydrogens (primary N) is 1. The third-order valence-corrected chi connectivity index (χ3v) is 4.32. The maximum atomic E-state index is 13.4. The molecule has 1 amide bonds. The fourth-order valence-electron chi connectivity index (χ4n) is 1.88. The number of hydrogen-bond donors (Lipinski definition) is 2. The highest BCUT2D eigenvalue weighted by Crippen LogP contribution is 2.32. The molecule has 0 saturated carbocycles. The summed E-state index contributed by atoms with van der Waals surface area (Å²) < 4.78 is 13.4. The topological polar surface area (TPSA) is 68.0 Å². The second kappa shape index (κ2) is 5.31. The van der Waals surface area contributed by atoms with Crippen molar-refractivity contribution in [3.8, 4) is 0 Å². The molecular formula is C14H9ClFN3OS. The number of hydrogen-bond acceptors (Lipinski definition) is 4. The molecule has 0 unspecified atom stereocenters. The van der Waals surface area contributed by atoms with Crippen LogP contribution in [-0.4, -0.2) is 10.9 Å². The van der Waals surface area contributed by atoms with Crippen LogP contribution in [0.1, 0.15) is 9.67 Å². The van der Waals surface area contributed by atoms with Crippen molar-refractivity contribution in [2.45, 2.75) is 0 Å². The fourth-order valence-corrected chi connectivity index (χ4v) is 2.96. The molecule has 2 heterocycles. The van der Waals surface area contributed by atoms with Crippen LogP contribution in [0.2, 0.25) is 5.02 Å². The number of aromatic nitrogens is 1. The van der Waals surface area contributed by atoms with Gasteiger partial charge in [0.2, 0.25) is 0 Å². The van der Waals surface area contributed by atoms with Gasteiger partial charge in [0.05, 0.1) is 10.7 Å². The Kier molecular flexibility index (Phi) is 3.48. The van der Waals surface area contributed by atoms with Gasteiger partial charge in [-0.2, -0.15) is 0 Å². The Morgan fingerprint density at radius 1 is 1.38 bits per heavy atom. The summed E-state index contributed by atoms with van der Waals surface area (Å²) in [4.78, 5) is 17.4.